The highest BCUT2D eigenvalue weighted by Crippen LogP contribution is 2.20. The zero-order chi connectivity index (χ0) is 19.2. The van der Waals surface area contributed by atoms with Crippen LogP contribution < -0.4 is 14.2 Å². The van der Waals surface area contributed by atoms with Crippen LogP contribution in [0.15, 0.2) is 36.4 Å². The number of carbonyl (C=O) groups is 1. The third kappa shape index (κ3) is 5.09. The van der Waals surface area contributed by atoms with E-state index in [1.54, 1.807) is 17.0 Å². The van der Waals surface area contributed by atoms with Crippen LogP contribution in [0.1, 0.15) is 31.7 Å². The largest absolute Gasteiger partial charge is 0.484 e. The number of methoxy groups -OCH3 is 1. The van der Waals surface area contributed by atoms with Crippen molar-refractivity contribution in [3.05, 3.63) is 42.0 Å². The van der Waals surface area contributed by atoms with Crippen LogP contribution in [0.4, 0.5) is 0 Å². The van der Waals surface area contributed by atoms with E-state index in [2.05, 4.69) is 24.0 Å². The van der Waals surface area contributed by atoms with Crippen molar-refractivity contribution in [2.24, 2.45) is 0 Å². The molecular weight excluding hydrogens is 346 g/mol. The minimum absolute atomic E-state index is 0.0239. The van der Waals surface area contributed by atoms with E-state index in [9.17, 15) is 4.79 Å². The summed E-state index contributed by atoms with van der Waals surface area (Å²) in [6.45, 7) is 5.46. The van der Waals surface area contributed by atoms with Crippen LogP contribution in [0.2, 0.25) is 0 Å². The van der Waals surface area contributed by atoms with E-state index < -0.39 is 0 Å². The highest BCUT2D eigenvalue weighted by molar-refractivity contribution is 5.78. The molecule has 1 saturated heterocycles. The predicted molar refractivity (Wildman–Crippen MR) is 100 cm³/mol. The SMILES string of the molecule is COc1ccc(OC2CCN(C(=O)COc3ccc(C(C)C)cc3)C2)nn1. The van der Waals surface area contributed by atoms with Gasteiger partial charge in [0.25, 0.3) is 5.91 Å². The van der Waals surface area contributed by atoms with E-state index in [4.69, 9.17) is 14.2 Å². The zero-order valence-electron chi connectivity index (χ0n) is 15.9. The van der Waals surface area contributed by atoms with Gasteiger partial charge in [-0.1, -0.05) is 26.0 Å². The maximum atomic E-state index is 12.4. The smallest absolute Gasteiger partial charge is 0.260 e. The van der Waals surface area contributed by atoms with E-state index >= 15 is 0 Å². The summed E-state index contributed by atoms with van der Waals surface area (Å²) in [6, 6.07) is 11.3. The molecule has 1 amide bonds. The molecule has 7 nitrogen and oxygen atoms in total. The number of aromatic nitrogens is 2. The molecule has 7 heteroatoms. The van der Waals surface area contributed by atoms with Gasteiger partial charge in [0.1, 0.15) is 11.9 Å². The Kier molecular flexibility index (Phi) is 6.11. The van der Waals surface area contributed by atoms with Gasteiger partial charge in [0.15, 0.2) is 6.61 Å². The Labute approximate surface area is 159 Å². The molecule has 27 heavy (non-hydrogen) atoms. The number of amides is 1. The van der Waals surface area contributed by atoms with Crippen LogP contribution in [0.5, 0.6) is 17.5 Å². The van der Waals surface area contributed by atoms with Gasteiger partial charge in [0.05, 0.1) is 13.7 Å². The first kappa shape index (κ1) is 18.9. The Hall–Kier alpha value is -2.83. The molecule has 144 valence electrons. The summed E-state index contributed by atoms with van der Waals surface area (Å²) in [6.07, 6.45) is 0.657. The van der Waals surface area contributed by atoms with Crippen LogP contribution in [-0.4, -0.2) is 53.9 Å². The molecule has 0 spiro atoms. The maximum absolute atomic E-state index is 12.4. The highest BCUT2D eigenvalue weighted by Gasteiger charge is 2.28. The Morgan fingerprint density at radius 1 is 1.15 bits per heavy atom. The van der Waals surface area contributed by atoms with Crippen LogP contribution in [0.25, 0.3) is 0 Å². The summed E-state index contributed by atoms with van der Waals surface area (Å²) in [5.74, 6) is 1.99. The van der Waals surface area contributed by atoms with Crippen molar-refractivity contribution in [2.45, 2.75) is 32.3 Å². The number of ether oxygens (including phenoxy) is 3. The molecular formula is C20H25N3O4. The molecule has 0 radical (unpaired) electrons. The molecule has 1 aliphatic rings. The van der Waals surface area contributed by atoms with E-state index in [-0.39, 0.29) is 18.6 Å². The molecule has 1 unspecified atom stereocenters. The molecule has 0 saturated carbocycles. The van der Waals surface area contributed by atoms with Crippen molar-refractivity contribution < 1.29 is 19.0 Å². The highest BCUT2D eigenvalue weighted by atomic mass is 16.5. The van der Waals surface area contributed by atoms with Gasteiger partial charge >= 0.3 is 0 Å². The van der Waals surface area contributed by atoms with Crippen molar-refractivity contribution in [1.29, 1.82) is 0 Å². The lowest BCUT2D eigenvalue weighted by molar-refractivity contribution is -0.132. The van der Waals surface area contributed by atoms with Gasteiger partial charge < -0.3 is 19.1 Å². The monoisotopic (exact) mass is 371 g/mol. The summed E-state index contributed by atoms with van der Waals surface area (Å²) in [7, 11) is 1.53. The average molecular weight is 371 g/mol. The number of likely N-dealkylation sites (tertiary alicyclic amines) is 1. The number of benzene rings is 1. The van der Waals surface area contributed by atoms with E-state index in [1.165, 1.54) is 12.7 Å². The number of nitrogens with zero attached hydrogens (tertiary/aromatic N) is 3. The summed E-state index contributed by atoms with van der Waals surface area (Å²) < 4.78 is 16.4. The van der Waals surface area contributed by atoms with Crippen molar-refractivity contribution in [2.75, 3.05) is 26.8 Å². The fourth-order valence-electron chi connectivity index (χ4n) is 2.89. The number of hydrogen-bond acceptors (Lipinski definition) is 6. The molecule has 1 aromatic heterocycles. The molecule has 1 aromatic carbocycles. The summed E-state index contributed by atoms with van der Waals surface area (Å²) in [5, 5.41) is 7.83. The van der Waals surface area contributed by atoms with E-state index in [0.29, 0.717) is 36.5 Å². The standard InChI is InChI=1S/C20H25N3O4/c1-14(2)15-4-6-16(7-5-15)26-13-20(24)23-11-10-17(12-23)27-19-9-8-18(25-3)21-22-19/h4-9,14,17H,10-13H2,1-3H3. The molecule has 0 N–H and O–H groups in total. The Balaban J connectivity index is 1.45. The quantitative estimate of drug-likeness (QED) is 0.745. The fourth-order valence-corrected chi connectivity index (χ4v) is 2.89. The Morgan fingerprint density at radius 3 is 2.48 bits per heavy atom. The van der Waals surface area contributed by atoms with Gasteiger partial charge in [-0.2, -0.15) is 0 Å². The molecule has 1 fully saturated rings. The minimum atomic E-state index is -0.0954. The lowest BCUT2D eigenvalue weighted by Gasteiger charge is -2.17. The summed E-state index contributed by atoms with van der Waals surface area (Å²) in [5.41, 5.74) is 1.25. The second-order valence-electron chi connectivity index (χ2n) is 6.79. The van der Waals surface area contributed by atoms with Gasteiger partial charge in [-0.15, -0.1) is 10.2 Å². The molecule has 3 rings (SSSR count). The number of carbonyl (C=O) groups excluding carboxylic acids is 1. The molecule has 1 aliphatic heterocycles. The third-order valence-electron chi connectivity index (χ3n) is 4.52. The first-order chi connectivity index (χ1) is 13.0. The van der Waals surface area contributed by atoms with Crippen molar-refractivity contribution >= 4 is 5.91 Å². The second kappa shape index (κ2) is 8.70. The average Bonchev–Trinajstić information content (AvgIpc) is 3.15. The van der Waals surface area contributed by atoms with Gasteiger partial charge in [-0.25, -0.2) is 0 Å². The molecule has 1 atom stereocenters. The fraction of sp³-hybridized carbons (Fsp3) is 0.450. The van der Waals surface area contributed by atoms with Crippen molar-refractivity contribution in [3.8, 4) is 17.5 Å². The lowest BCUT2D eigenvalue weighted by atomic mass is 10.0. The van der Waals surface area contributed by atoms with Gasteiger partial charge in [-0.3, -0.25) is 4.79 Å². The maximum Gasteiger partial charge on any atom is 0.260 e. The van der Waals surface area contributed by atoms with E-state index in [1.807, 2.05) is 24.3 Å². The van der Waals surface area contributed by atoms with Crippen LogP contribution in [-0.2, 0) is 4.79 Å². The second-order valence-corrected chi connectivity index (χ2v) is 6.79. The Bertz CT molecular complexity index is 747. The topological polar surface area (TPSA) is 73.8 Å². The van der Waals surface area contributed by atoms with Gasteiger partial charge in [-0.05, 0) is 23.6 Å². The first-order valence-electron chi connectivity index (χ1n) is 9.10. The van der Waals surface area contributed by atoms with E-state index in [0.717, 1.165) is 6.42 Å². The Morgan fingerprint density at radius 2 is 1.85 bits per heavy atom. The predicted octanol–water partition coefficient (Wildman–Crippen LogP) is 2.67. The zero-order valence-corrected chi connectivity index (χ0v) is 15.9. The molecule has 0 bridgehead atoms. The number of rotatable bonds is 7. The first-order valence-corrected chi connectivity index (χ1v) is 9.10. The summed E-state index contributed by atoms with van der Waals surface area (Å²) in [4.78, 5) is 14.1. The van der Waals surface area contributed by atoms with Crippen LogP contribution >= 0.6 is 0 Å². The minimum Gasteiger partial charge on any atom is -0.484 e. The normalized spacial score (nSPS) is 16.4. The van der Waals surface area contributed by atoms with Crippen molar-refractivity contribution in [1.82, 2.24) is 15.1 Å². The van der Waals surface area contributed by atoms with Gasteiger partial charge in [0, 0.05) is 25.1 Å². The molecule has 0 aliphatic carbocycles. The summed E-state index contributed by atoms with van der Waals surface area (Å²) >= 11 is 0. The van der Waals surface area contributed by atoms with Crippen molar-refractivity contribution in [3.63, 3.8) is 0 Å². The third-order valence-corrected chi connectivity index (χ3v) is 4.52. The molecule has 2 aromatic rings. The lowest BCUT2D eigenvalue weighted by Crippen LogP contribution is -2.34. The van der Waals surface area contributed by atoms with Crippen LogP contribution in [0.3, 0.4) is 0 Å². The number of hydrogen-bond donors (Lipinski definition) is 0. The molecule has 2 heterocycles. The van der Waals surface area contributed by atoms with Gasteiger partial charge in [0.2, 0.25) is 11.8 Å². The van der Waals surface area contributed by atoms with Crippen LogP contribution in [0, 0.1) is 0 Å².